The molecule has 0 saturated carbocycles. The quantitative estimate of drug-likeness (QED) is 0.849. The maximum atomic E-state index is 12.7. The molecule has 1 aliphatic heterocycles. The lowest BCUT2D eigenvalue weighted by atomic mass is 10.1. The zero-order valence-electron chi connectivity index (χ0n) is 11.1. The predicted octanol–water partition coefficient (Wildman–Crippen LogP) is 1.81. The number of fused-ring (bicyclic) bond motifs is 1. The van der Waals surface area contributed by atoms with Crippen LogP contribution in [0, 0.1) is 0 Å². The van der Waals surface area contributed by atoms with Crippen molar-refractivity contribution in [1.82, 2.24) is 14.9 Å². The van der Waals surface area contributed by atoms with Gasteiger partial charge in [0.05, 0.1) is 24.3 Å². The number of ether oxygens (including phenoxy) is 1. The van der Waals surface area contributed by atoms with Crippen molar-refractivity contribution in [2.45, 2.75) is 26.0 Å². The number of amides is 1. The maximum absolute atomic E-state index is 12.7. The van der Waals surface area contributed by atoms with Crippen molar-refractivity contribution in [3.8, 4) is 0 Å². The van der Waals surface area contributed by atoms with Crippen LogP contribution in [0.25, 0.3) is 11.0 Å². The third kappa shape index (κ3) is 2.00. The lowest BCUT2D eigenvalue weighted by Crippen LogP contribution is -2.51. The van der Waals surface area contributed by atoms with Crippen LogP contribution in [-0.4, -0.2) is 46.1 Å². The maximum Gasteiger partial charge on any atom is 0.256 e. The molecule has 1 aliphatic rings. The molecule has 0 aromatic carbocycles. The number of morpholine rings is 1. The predicted molar refractivity (Wildman–Crippen MR) is 72.0 cm³/mol. The van der Waals surface area contributed by atoms with E-state index in [1.54, 1.807) is 12.4 Å². The molecule has 0 radical (unpaired) electrons. The smallest absolute Gasteiger partial charge is 0.256 e. The number of rotatable bonds is 1. The Morgan fingerprint density at radius 1 is 1.53 bits per heavy atom. The van der Waals surface area contributed by atoms with E-state index in [0.717, 1.165) is 11.0 Å². The molecule has 2 atom stereocenters. The molecule has 1 N–H and O–H groups in total. The zero-order chi connectivity index (χ0) is 13.4. The Labute approximate surface area is 111 Å². The van der Waals surface area contributed by atoms with E-state index in [9.17, 15) is 4.79 Å². The van der Waals surface area contributed by atoms with Gasteiger partial charge < -0.3 is 14.6 Å². The van der Waals surface area contributed by atoms with Gasteiger partial charge in [-0.3, -0.25) is 4.79 Å². The first-order valence-corrected chi connectivity index (χ1v) is 6.53. The number of nitrogens with one attached hydrogen (secondary N) is 1. The molecule has 3 heterocycles. The number of carbonyl (C=O) groups excluding carboxylic acids is 1. The minimum atomic E-state index is 0.0434. The van der Waals surface area contributed by atoms with Crippen LogP contribution in [0.2, 0.25) is 0 Å². The van der Waals surface area contributed by atoms with Crippen LogP contribution in [0.1, 0.15) is 24.2 Å². The largest absolute Gasteiger partial charge is 0.375 e. The Morgan fingerprint density at radius 2 is 2.37 bits per heavy atom. The summed E-state index contributed by atoms with van der Waals surface area (Å²) in [4.78, 5) is 21.8. The summed E-state index contributed by atoms with van der Waals surface area (Å²) < 4.78 is 5.56. The highest BCUT2D eigenvalue weighted by atomic mass is 16.5. The number of hydrogen-bond donors (Lipinski definition) is 1. The van der Waals surface area contributed by atoms with Gasteiger partial charge in [-0.1, -0.05) is 0 Å². The van der Waals surface area contributed by atoms with E-state index < -0.39 is 0 Å². The van der Waals surface area contributed by atoms with Crippen molar-refractivity contribution in [3.63, 3.8) is 0 Å². The number of carbonyl (C=O) groups is 1. The Bertz CT molecular complexity index is 608. The average molecular weight is 259 g/mol. The number of nitrogens with zero attached hydrogens (tertiary/aromatic N) is 2. The fourth-order valence-electron chi connectivity index (χ4n) is 2.51. The van der Waals surface area contributed by atoms with E-state index in [4.69, 9.17) is 4.74 Å². The Kier molecular flexibility index (Phi) is 2.98. The normalized spacial score (nSPS) is 23.8. The molecule has 5 heteroatoms. The molecular weight excluding hydrogens is 242 g/mol. The summed E-state index contributed by atoms with van der Waals surface area (Å²) in [6.45, 7) is 5.25. The lowest BCUT2D eigenvalue weighted by molar-refractivity contribution is -0.0439. The highest BCUT2D eigenvalue weighted by Crippen LogP contribution is 2.21. The van der Waals surface area contributed by atoms with Crippen molar-refractivity contribution in [3.05, 3.63) is 30.1 Å². The van der Waals surface area contributed by atoms with E-state index >= 15 is 0 Å². The van der Waals surface area contributed by atoms with E-state index in [0.29, 0.717) is 18.7 Å². The monoisotopic (exact) mass is 259 g/mol. The van der Waals surface area contributed by atoms with Gasteiger partial charge in [0.25, 0.3) is 5.91 Å². The SMILES string of the molecule is CC1OCCN(C(=O)c2c[nH]c3ncccc23)C1C. The topological polar surface area (TPSA) is 58.2 Å². The highest BCUT2D eigenvalue weighted by Gasteiger charge is 2.30. The summed E-state index contributed by atoms with van der Waals surface area (Å²) in [5.74, 6) is 0.0434. The molecular formula is C14H17N3O2. The molecule has 2 aromatic heterocycles. The van der Waals surface area contributed by atoms with Gasteiger partial charge in [-0.05, 0) is 26.0 Å². The van der Waals surface area contributed by atoms with Crippen LogP contribution in [0.4, 0.5) is 0 Å². The summed E-state index contributed by atoms with van der Waals surface area (Å²) in [5.41, 5.74) is 1.43. The van der Waals surface area contributed by atoms with Gasteiger partial charge in [0.15, 0.2) is 0 Å². The molecule has 0 spiro atoms. The molecule has 3 rings (SSSR count). The molecule has 2 aromatic rings. The summed E-state index contributed by atoms with van der Waals surface area (Å²) in [6.07, 6.45) is 3.53. The van der Waals surface area contributed by atoms with Crippen LogP contribution >= 0.6 is 0 Å². The fourth-order valence-corrected chi connectivity index (χ4v) is 2.51. The number of hydrogen-bond acceptors (Lipinski definition) is 3. The van der Waals surface area contributed by atoms with Crippen molar-refractivity contribution < 1.29 is 9.53 Å². The van der Waals surface area contributed by atoms with Crippen LogP contribution in [0.15, 0.2) is 24.5 Å². The average Bonchev–Trinajstić information content (AvgIpc) is 2.85. The van der Waals surface area contributed by atoms with E-state index in [2.05, 4.69) is 9.97 Å². The zero-order valence-corrected chi connectivity index (χ0v) is 11.1. The molecule has 0 bridgehead atoms. The van der Waals surface area contributed by atoms with Crippen molar-refractivity contribution >= 4 is 16.9 Å². The number of aromatic amines is 1. The molecule has 1 fully saturated rings. The van der Waals surface area contributed by atoms with Crippen molar-refractivity contribution in [1.29, 1.82) is 0 Å². The number of aromatic nitrogens is 2. The van der Waals surface area contributed by atoms with Crippen LogP contribution in [0.3, 0.4) is 0 Å². The van der Waals surface area contributed by atoms with Crippen LogP contribution in [-0.2, 0) is 4.74 Å². The van der Waals surface area contributed by atoms with Gasteiger partial charge in [0.1, 0.15) is 5.65 Å². The second kappa shape index (κ2) is 4.66. The summed E-state index contributed by atoms with van der Waals surface area (Å²) in [6, 6.07) is 3.85. The molecule has 1 amide bonds. The molecule has 2 unspecified atom stereocenters. The van der Waals surface area contributed by atoms with Crippen LogP contribution < -0.4 is 0 Å². The van der Waals surface area contributed by atoms with Crippen molar-refractivity contribution in [2.24, 2.45) is 0 Å². The van der Waals surface area contributed by atoms with Gasteiger partial charge in [-0.15, -0.1) is 0 Å². The number of pyridine rings is 1. The fraction of sp³-hybridized carbons (Fsp3) is 0.429. The minimum Gasteiger partial charge on any atom is -0.375 e. The van der Waals surface area contributed by atoms with E-state index in [1.807, 2.05) is 30.9 Å². The molecule has 0 aliphatic carbocycles. The molecule has 19 heavy (non-hydrogen) atoms. The first kappa shape index (κ1) is 12.2. The first-order valence-electron chi connectivity index (χ1n) is 6.53. The Morgan fingerprint density at radius 3 is 3.21 bits per heavy atom. The third-order valence-corrected chi connectivity index (χ3v) is 3.83. The van der Waals surface area contributed by atoms with Gasteiger partial charge in [0.2, 0.25) is 0 Å². The number of H-pyrrole nitrogens is 1. The standard InChI is InChI=1S/C14H17N3O2/c1-9-10(2)19-7-6-17(9)14(18)12-8-16-13-11(12)4-3-5-15-13/h3-5,8-10H,6-7H2,1-2H3,(H,15,16). The molecule has 5 nitrogen and oxygen atoms in total. The Hall–Kier alpha value is -1.88. The minimum absolute atomic E-state index is 0.0434. The van der Waals surface area contributed by atoms with E-state index in [-0.39, 0.29) is 18.1 Å². The third-order valence-electron chi connectivity index (χ3n) is 3.83. The summed E-state index contributed by atoms with van der Waals surface area (Å²) in [7, 11) is 0. The van der Waals surface area contributed by atoms with E-state index in [1.165, 1.54) is 0 Å². The van der Waals surface area contributed by atoms with Gasteiger partial charge in [0, 0.05) is 24.3 Å². The molecule has 1 saturated heterocycles. The van der Waals surface area contributed by atoms with Crippen LogP contribution in [0.5, 0.6) is 0 Å². The Balaban J connectivity index is 1.95. The van der Waals surface area contributed by atoms with Gasteiger partial charge >= 0.3 is 0 Å². The van der Waals surface area contributed by atoms with Gasteiger partial charge in [-0.25, -0.2) is 4.98 Å². The highest BCUT2D eigenvalue weighted by molar-refractivity contribution is 6.06. The summed E-state index contributed by atoms with van der Waals surface area (Å²) >= 11 is 0. The first-order chi connectivity index (χ1) is 9.18. The molecule has 100 valence electrons. The summed E-state index contributed by atoms with van der Waals surface area (Å²) in [5, 5.41) is 0.874. The van der Waals surface area contributed by atoms with Crippen molar-refractivity contribution in [2.75, 3.05) is 13.2 Å². The second-order valence-corrected chi connectivity index (χ2v) is 4.92. The lowest BCUT2D eigenvalue weighted by Gasteiger charge is -2.37. The van der Waals surface area contributed by atoms with Gasteiger partial charge in [-0.2, -0.15) is 0 Å². The second-order valence-electron chi connectivity index (χ2n) is 4.92.